The number of aromatic nitrogens is 4. The number of esters is 4. The van der Waals surface area contributed by atoms with Crippen molar-refractivity contribution in [3.8, 4) is 68.2 Å². The van der Waals surface area contributed by atoms with Crippen molar-refractivity contribution < 1.29 is 61.9 Å². The zero-order valence-electron chi connectivity index (χ0n) is 50.4. The minimum Gasteiger partial charge on any atom is -0.493 e. The Kier molecular flexibility index (Phi) is 22.2. The quantitative estimate of drug-likeness (QED) is 0.0179. The van der Waals surface area contributed by atoms with Crippen molar-refractivity contribution in [2.24, 2.45) is 5.73 Å². The molecule has 0 spiro atoms. The third-order valence-electron chi connectivity index (χ3n) is 14.1. The summed E-state index contributed by atoms with van der Waals surface area (Å²) in [4.78, 5) is 80.5. The lowest BCUT2D eigenvalue weighted by atomic mass is 9.98. The van der Waals surface area contributed by atoms with Crippen LogP contribution in [0.1, 0.15) is 123 Å². The Morgan fingerprint density at radius 3 is 1.38 bits per heavy atom. The van der Waals surface area contributed by atoms with Crippen LogP contribution in [0.4, 0.5) is 0 Å². The molecule has 7 aromatic rings. The molecule has 0 fully saturated rings. The average molecular weight is 1200 g/mol. The highest BCUT2D eigenvalue weighted by molar-refractivity contribution is 6.01. The number of carbonyl (C=O) groups is 5. The van der Waals surface area contributed by atoms with Crippen LogP contribution in [-0.2, 0) is 38.1 Å². The van der Waals surface area contributed by atoms with Crippen molar-refractivity contribution >= 4 is 76.2 Å². The molecule has 4 N–H and O–H groups in total. The van der Waals surface area contributed by atoms with Crippen LogP contribution in [0.5, 0.6) is 23.0 Å². The first kappa shape index (κ1) is 63.1. The lowest BCUT2D eigenvalue weighted by Crippen LogP contribution is -2.10. The number of nitrogens with zero attached hydrogens (tertiary/aromatic N) is 2. The number of hydrogen-bond acceptors (Lipinski definition) is 15. The molecule has 18 nitrogen and oxygen atoms in total. The summed E-state index contributed by atoms with van der Waals surface area (Å²) in [5.41, 5.74) is 15.9. The molecule has 1 amide bonds. The zero-order chi connectivity index (χ0) is 62.5. The number of benzene rings is 4. The van der Waals surface area contributed by atoms with Crippen LogP contribution in [0.3, 0.4) is 0 Å². The molecule has 8 bridgehead atoms. The third kappa shape index (κ3) is 16.6. The second-order valence-corrected chi connectivity index (χ2v) is 20.4. The van der Waals surface area contributed by atoms with Crippen LogP contribution < -0.4 is 24.7 Å². The van der Waals surface area contributed by atoms with Crippen LogP contribution >= 0.6 is 0 Å². The van der Waals surface area contributed by atoms with Gasteiger partial charge in [0, 0.05) is 86.7 Å². The average Bonchev–Trinajstić information content (AvgIpc) is 1.71. The molecule has 2 aliphatic rings. The van der Waals surface area contributed by atoms with E-state index in [-0.39, 0.29) is 102 Å². The number of fused-ring (bicyclic) bond motifs is 8. The molecular formula is C71H71N5O13. The van der Waals surface area contributed by atoms with Gasteiger partial charge in [0.05, 0.1) is 86.8 Å². The first-order valence-corrected chi connectivity index (χ1v) is 30.0. The van der Waals surface area contributed by atoms with E-state index in [9.17, 15) is 24.0 Å². The fourth-order valence-electron chi connectivity index (χ4n) is 10.2. The van der Waals surface area contributed by atoms with E-state index < -0.39 is 5.91 Å². The standard InChI is InChI=1S/C71H71N5O13/c1-5-82-62(77)26-14-40-86-58-22-12-23-59(87-41-15-27-63(78)83-6-2)69(58)67-54-34-32-49(73-54)45-50-33-35-55(74-50)68(70-60(88-42-16-28-64(79)84-7-3)24-13-25-61(70)89-43-17-29-65(80)85-8-4)57-39-37-53(76-57)66(52-36-38-56(67)75-52)51-21-10-9-19-47(51)31-30-46-18-11-20-48(44-46)71(72)81/h9-13,18-25,32-39,44-45,73,76H,5-8,14-17,26-29,40-43H2,1-4H3,(H2,72,81). The maximum atomic E-state index is 12.5. The van der Waals surface area contributed by atoms with Crippen molar-refractivity contribution in [1.82, 2.24) is 19.9 Å². The number of ether oxygens (including phenoxy) is 8. The van der Waals surface area contributed by atoms with E-state index in [0.29, 0.717) is 144 Å². The van der Waals surface area contributed by atoms with Gasteiger partial charge in [-0.2, -0.15) is 0 Å². The Labute approximate surface area is 516 Å². The second kappa shape index (κ2) is 31.3. The number of rotatable bonds is 28. The number of nitrogens with two attached hydrogens (primary N) is 1. The minimum absolute atomic E-state index is 0.154. The second-order valence-electron chi connectivity index (χ2n) is 20.4. The van der Waals surface area contributed by atoms with Crippen LogP contribution in [0.25, 0.3) is 79.8 Å². The lowest BCUT2D eigenvalue weighted by molar-refractivity contribution is -0.144. The Hall–Kier alpha value is -10.4. The summed E-state index contributed by atoms with van der Waals surface area (Å²) in [5.74, 6) is 6.62. The van der Waals surface area contributed by atoms with Gasteiger partial charge in [-0.3, -0.25) is 24.0 Å². The summed E-state index contributed by atoms with van der Waals surface area (Å²) in [6, 6.07) is 35.4. The summed E-state index contributed by atoms with van der Waals surface area (Å²) in [7, 11) is 0. The highest BCUT2D eigenvalue weighted by Gasteiger charge is 2.25. The molecule has 0 aliphatic carbocycles. The molecule has 18 heteroatoms. The molecule has 5 heterocycles. The van der Waals surface area contributed by atoms with E-state index >= 15 is 0 Å². The van der Waals surface area contributed by atoms with E-state index in [4.69, 9.17) is 53.6 Å². The van der Waals surface area contributed by atoms with Gasteiger partial charge in [0.25, 0.3) is 0 Å². The van der Waals surface area contributed by atoms with Crippen LogP contribution in [-0.4, -0.2) is 103 Å². The fraction of sp³-hybridized carbons (Fsp3) is 0.282. The molecule has 2 aliphatic heterocycles. The van der Waals surface area contributed by atoms with Gasteiger partial charge in [0.1, 0.15) is 23.0 Å². The SMILES string of the molecule is CCOC(=O)CCCOc1cccc(OCCCC(=O)OCC)c1-c1c2nc(c(-c3ccccc3C#Cc3cccc(C(N)=O)c3)c3ccc([nH]3)c(-c3c(OCCCC(=O)OCC)cccc3OCCCC(=O)OCC)c3nc(cc4ccc1[nH]4)C=C3)C=C2. The summed E-state index contributed by atoms with van der Waals surface area (Å²) in [6.07, 6.45) is 9.86. The summed E-state index contributed by atoms with van der Waals surface area (Å²) in [6.45, 7) is 8.83. The Balaban J connectivity index is 1.31. The van der Waals surface area contributed by atoms with Gasteiger partial charge in [-0.25, -0.2) is 9.97 Å². The van der Waals surface area contributed by atoms with Crippen LogP contribution in [0.15, 0.2) is 115 Å². The number of H-pyrrole nitrogens is 2. The largest absolute Gasteiger partial charge is 0.493 e. The van der Waals surface area contributed by atoms with E-state index in [1.165, 1.54) is 0 Å². The van der Waals surface area contributed by atoms with Crippen molar-refractivity contribution in [1.29, 1.82) is 0 Å². The molecule has 0 unspecified atom stereocenters. The van der Waals surface area contributed by atoms with E-state index in [2.05, 4.69) is 21.8 Å². The van der Waals surface area contributed by atoms with E-state index in [0.717, 1.165) is 0 Å². The monoisotopic (exact) mass is 1200 g/mol. The van der Waals surface area contributed by atoms with Gasteiger partial charge < -0.3 is 53.6 Å². The number of nitrogens with one attached hydrogen (secondary N) is 2. The normalized spacial score (nSPS) is 11.3. The number of primary amides is 1. The fourth-order valence-corrected chi connectivity index (χ4v) is 10.2. The number of hydrogen-bond donors (Lipinski definition) is 3. The smallest absolute Gasteiger partial charge is 0.305 e. The maximum Gasteiger partial charge on any atom is 0.305 e. The topological polar surface area (TPSA) is 243 Å². The molecule has 89 heavy (non-hydrogen) atoms. The predicted octanol–water partition coefficient (Wildman–Crippen LogP) is 13.0. The van der Waals surface area contributed by atoms with Crippen LogP contribution in [0.2, 0.25) is 0 Å². The highest BCUT2D eigenvalue weighted by Crippen LogP contribution is 2.46. The molecular weight excluding hydrogens is 1130 g/mol. The number of amides is 1. The van der Waals surface area contributed by atoms with Gasteiger partial charge in [0.15, 0.2) is 0 Å². The van der Waals surface area contributed by atoms with Crippen molar-refractivity contribution in [3.05, 3.63) is 155 Å². The zero-order valence-corrected chi connectivity index (χ0v) is 50.4. The molecule has 4 aromatic carbocycles. The Morgan fingerprint density at radius 1 is 0.438 bits per heavy atom. The van der Waals surface area contributed by atoms with E-state index in [1.54, 1.807) is 45.9 Å². The van der Waals surface area contributed by atoms with Crippen molar-refractivity contribution in [2.75, 3.05) is 52.9 Å². The van der Waals surface area contributed by atoms with Crippen molar-refractivity contribution in [2.45, 2.75) is 79.1 Å². The molecule has 0 radical (unpaired) electrons. The molecule has 0 atom stereocenters. The molecule has 458 valence electrons. The highest BCUT2D eigenvalue weighted by atomic mass is 16.5. The minimum atomic E-state index is -0.572. The van der Waals surface area contributed by atoms with Crippen LogP contribution in [0, 0.1) is 11.8 Å². The Morgan fingerprint density at radius 2 is 0.876 bits per heavy atom. The van der Waals surface area contributed by atoms with Gasteiger partial charge in [-0.05, 0) is 157 Å². The molecule has 0 saturated carbocycles. The number of aromatic amines is 2. The summed E-state index contributed by atoms with van der Waals surface area (Å²) in [5, 5.41) is 0. The van der Waals surface area contributed by atoms with Gasteiger partial charge in [0.2, 0.25) is 5.91 Å². The summed E-state index contributed by atoms with van der Waals surface area (Å²) < 4.78 is 47.3. The third-order valence-corrected chi connectivity index (χ3v) is 14.1. The molecule has 0 saturated heterocycles. The summed E-state index contributed by atoms with van der Waals surface area (Å²) >= 11 is 0. The molecule has 9 rings (SSSR count). The first-order valence-electron chi connectivity index (χ1n) is 30.0. The van der Waals surface area contributed by atoms with E-state index in [1.807, 2.05) is 121 Å². The van der Waals surface area contributed by atoms with Gasteiger partial charge in [-0.1, -0.05) is 48.2 Å². The maximum absolute atomic E-state index is 12.5. The van der Waals surface area contributed by atoms with Gasteiger partial charge >= 0.3 is 23.9 Å². The first-order chi connectivity index (χ1) is 43.4. The molecule has 3 aromatic heterocycles. The van der Waals surface area contributed by atoms with Crippen molar-refractivity contribution in [3.63, 3.8) is 0 Å². The lowest BCUT2D eigenvalue weighted by Gasteiger charge is -2.18. The number of carbonyl (C=O) groups excluding carboxylic acids is 5. The predicted molar refractivity (Wildman–Crippen MR) is 342 cm³/mol. The van der Waals surface area contributed by atoms with Gasteiger partial charge in [-0.15, -0.1) is 0 Å². The Bertz CT molecular complexity index is 3850.